The van der Waals surface area contributed by atoms with Crippen LogP contribution in [0.25, 0.3) is 0 Å². The van der Waals surface area contributed by atoms with Gasteiger partial charge in [-0.15, -0.1) is 0 Å². The molecular formula is C22H18BrN3O4. The molecule has 4 rings (SSSR count). The van der Waals surface area contributed by atoms with Gasteiger partial charge in [0.25, 0.3) is 5.91 Å². The van der Waals surface area contributed by atoms with Crippen molar-refractivity contribution in [1.82, 2.24) is 0 Å². The first-order chi connectivity index (χ1) is 14.5. The van der Waals surface area contributed by atoms with Gasteiger partial charge < -0.3 is 20.0 Å². The molecule has 0 bridgehead atoms. The van der Waals surface area contributed by atoms with E-state index in [1.165, 1.54) is 6.26 Å². The minimum absolute atomic E-state index is 0.0852. The molecule has 7 nitrogen and oxygen atoms in total. The standard InChI is InChI=1S/C22H18BrN3O4/c23-17-4-1-2-5-18(17)26-13-14(12-20(26)27)21(28)24-15-7-9-16(10-8-15)25-22(29)19-6-3-11-30-19/h1-11,14H,12-13H2,(H,24,28)(H,25,29). The van der Waals surface area contributed by atoms with Gasteiger partial charge in [0.05, 0.1) is 17.9 Å². The minimum atomic E-state index is -0.442. The van der Waals surface area contributed by atoms with E-state index in [0.717, 1.165) is 10.2 Å². The van der Waals surface area contributed by atoms with E-state index in [0.29, 0.717) is 17.9 Å². The molecule has 0 saturated carbocycles. The average molecular weight is 468 g/mol. The zero-order valence-corrected chi connectivity index (χ0v) is 17.4. The molecule has 2 aromatic carbocycles. The summed E-state index contributed by atoms with van der Waals surface area (Å²) in [6, 6.07) is 17.4. The maximum absolute atomic E-state index is 12.7. The van der Waals surface area contributed by atoms with E-state index in [9.17, 15) is 14.4 Å². The molecule has 1 saturated heterocycles. The number of anilines is 3. The van der Waals surface area contributed by atoms with Gasteiger partial charge in [-0.3, -0.25) is 14.4 Å². The Labute approximate surface area is 181 Å². The van der Waals surface area contributed by atoms with Crippen molar-refractivity contribution in [1.29, 1.82) is 0 Å². The van der Waals surface area contributed by atoms with Crippen molar-refractivity contribution in [3.63, 3.8) is 0 Å². The minimum Gasteiger partial charge on any atom is -0.459 e. The van der Waals surface area contributed by atoms with E-state index in [-0.39, 0.29) is 29.9 Å². The van der Waals surface area contributed by atoms with E-state index in [1.807, 2.05) is 24.3 Å². The Morgan fingerprint density at radius 3 is 2.33 bits per heavy atom. The lowest BCUT2D eigenvalue weighted by atomic mass is 10.1. The first-order valence-electron chi connectivity index (χ1n) is 9.32. The molecule has 1 aliphatic heterocycles. The summed E-state index contributed by atoms with van der Waals surface area (Å²) in [7, 11) is 0. The molecule has 1 atom stereocenters. The lowest BCUT2D eigenvalue weighted by Gasteiger charge is -2.18. The van der Waals surface area contributed by atoms with Gasteiger partial charge >= 0.3 is 0 Å². The lowest BCUT2D eigenvalue weighted by molar-refractivity contribution is -0.122. The van der Waals surface area contributed by atoms with Crippen molar-refractivity contribution in [2.45, 2.75) is 6.42 Å². The SMILES string of the molecule is O=C(Nc1ccc(NC(=O)C2CC(=O)N(c3ccccc3Br)C2)cc1)c1ccco1. The fraction of sp³-hybridized carbons (Fsp3) is 0.136. The summed E-state index contributed by atoms with van der Waals surface area (Å²) in [5.74, 6) is -0.882. The van der Waals surface area contributed by atoms with Gasteiger partial charge in [-0.25, -0.2) is 0 Å². The van der Waals surface area contributed by atoms with Crippen molar-refractivity contribution in [3.8, 4) is 0 Å². The van der Waals surface area contributed by atoms with Gasteiger partial charge in [-0.2, -0.15) is 0 Å². The third kappa shape index (κ3) is 4.28. The number of halogens is 1. The van der Waals surface area contributed by atoms with E-state index >= 15 is 0 Å². The predicted octanol–water partition coefficient (Wildman–Crippen LogP) is 4.29. The van der Waals surface area contributed by atoms with Crippen LogP contribution in [0.2, 0.25) is 0 Å². The normalized spacial score (nSPS) is 15.8. The Morgan fingerprint density at radius 1 is 0.967 bits per heavy atom. The Bertz CT molecular complexity index is 1080. The summed E-state index contributed by atoms with van der Waals surface area (Å²) in [5.41, 5.74) is 1.92. The molecule has 0 aliphatic carbocycles. The topological polar surface area (TPSA) is 91.7 Å². The highest BCUT2D eigenvalue weighted by Crippen LogP contribution is 2.31. The fourth-order valence-electron chi connectivity index (χ4n) is 3.27. The fourth-order valence-corrected chi connectivity index (χ4v) is 3.77. The number of rotatable bonds is 5. The summed E-state index contributed by atoms with van der Waals surface area (Å²) in [4.78, 5) is 38.7. The number of furan rings is 1. The Morgan fingerprint density at radius 2 is 1.67 bits per heavy atom. The lowest BCUT2D eigenvalue weighted by Crippen LogP contribution is -2.28. The van der Waals surface area contributed by atoms with Crippen LogP contribution >= 0.6 is 15.9 Å². The number of carbonyl (C=O) groups excluding carboxylic acids is 3. The summed E-state index contributed by atoms with van der Waals surface area (Å²) in [6.07, 6.45) is 1.59. The number of para-hydroxylation sites is 1. The Kier molecular flexibility index (Phi) is 5.67. The molecule has 30 heavy (non-hydrogen) atoms. The third-order valence-corrected chi connectivity index (χ3v) is 5.46. The van der Waals surface area contributed by atoms with Crippen molar-refractivity contribution >= 4 is 50.7 Å². The molecule has 1 aliphatic rings. The van der Waals surface area contributed by atoms with Gasteiger partial charge in [0.2, 0.25) is 11.8 Å². The van der Waals surface area contributed by atoms with Crippen molar-refractivity contribution in [3.05, 3.63) is 77.2 Å². The van der Waals surface area contributed by atoms with Crippen LogP contribution in [0, 0.1) is 5.92 Å². The number of nitrogens with zero attached hydrogens (tertiary/aromatic N) is 1. The molecule has 3 aromatic rings. The van der Waals surface area contributed by atoms with Gasteiger partial charge in [0, 0.05) is 28.8 Å². The first kappa shape index (κ1) is 19.9. The van der Waals surface area contributed by atoms with Crippen LogP contribution in [-0.2, 0) is 9.59 Å². The van der Waals surface area contributed by atoms with E-state index in [1.54, 1.807) is 41.3 Å². The monoisotopic (exact) mass is 467 g/mol. The maximum Gasteiger partial charge on any atom is 0.291 e. The molecule has 0 spiro atoms. The highest BCUT2D eigenvalue weighted by atomic mass is 79.9. The molecule has 1 fully saturated rings. The third-order valence-electron chi connectivity index (χ3n) is 4.79. The van der Waals surface area contributed by atoms with Gasteiger partial charge in [0.15, 0.2) is 5.76 Å². The van der Waals surface area contributed by atoms with Gasteiger partial charge in [0.1, 0.15) is 0 Å². The van der Waals surface area contributed by atoms with Crippen LogP contribution in [0.15, 0.2) is 75.8 Å². The number of nitrogens with one attached hydrogen (secondary N) is 2. The molecule has 152 valence electrons. The summed E-state index contributed by atoms with van der Waals surface area (Å²) in [6.45, 7) is 0.324. The summed E-state index contributed by atoms with van der Waals surface area (Å²) < 4.78 is 5.87. The van der Waals surface area contributed by atoms with Crippen LogP contribution in [-0.4, -0.2) is 24.3 Å². The molecule has 8 heteroatoms. The Balaban J connectivity index is 1.36. The number of carbonyl (C=O) groups is 3. The molecule has 2 heterocycles. The van der Waals surface area contributed by atoms with Crippen LogP contribution in [0.5, 0.6) is 0 Å². The van der Waals surface area contributed by atoms with Crippen molar-refractivity contribution in [2.24, 2.45) is 5.92 Å². The summed E-state index contributed by atoms with van der Waals surface area (Å²) >= 11 is 3.45. The van der Waals surface area contributed by atoms with Crippen molar-refractivity contribution in [2.75, 3.05) is 22.1 Å². The highest BCUT2D eigenvalue weighted by Gasteiger charge is 2.35. The molecular weight excluding hydrogens is 450 g/mol. The van der Waals surface area contributed by atoms with Gasteiger partial charge in [-0.05, 0) is 64.5 Å². The van der Waals surface area contributed by atoms with Crippen LogP contribution in [0.1, 0.15) is 17.0 Å². The maximum atomic E-state index is 12.7. The van der Waals surface area contributed by atoms with Gasteiger partial charge in [-0.1, -0.05) is 12.1 Å². The second-order valence-electron chi connectivity index (χ2n) is 6.85. The highest BCUT2D eigenvalue weighted by molar-refractivity contribution is 9.10. The first-order valence-corrected chi connectivity index (χ1v) is 10.1. The average Bonchev–Trinajstić information content (AvgIpc) is 3.40. The molecule has 2 N–H and O–H groups in total. The van der Waals surface area contributed by atoms with Crippen LogP contribution in [0.4, 0.5) is 17.1 Å². The molecule has 1 aromatic heterocycles. The van der Waals surface area contributed by atoms with Crippen LogP contribution in [0.3, 0.4) is 0 Å². The van der Waals surface area contributed by atoms with E-state index in [2.05, 4.69) is 26.6 Å². The quantitative estimate of drug-likeness (QED) is 0.585. The second kappa shape index (κ2) is 8.54. The molecule has 3 amide bonds. The van der Waals surface area contributed by atoms with Crippen molar-refractivity contribution < 1.29 is 18.8 Å². The zero-order valence-electron chi connectivity index (χ0n) is 15.8. The number of benzene rings is 2. The van der Waals surface area contributed by atoms with Crippen LogP contribution < -0.4 is 15.5 Å². The predicted molar refractivity (Wildman–Crippen MR) is 116 cm³/mol. The number of hydrogen-bond acceptors (Lipinski definition) is 4. The zero-order chi connectivity index (χ0) is 21.1. The number of amides is 3. The number of hydrogen-bond donors (Lipinski definition) is 2. The smallest absolute Gasteiger partial charge is 0.291 e. The van der Waals surface area contributed by atoms with E-state index in [4.69, 9.17) is 4.42 Å². The summed E-state index contributed by atoms with van der Waals surface area (Å²) in [5, 5.41) is 5.55. The largest absolute Gasteiger partial charge is 0.459 e. The molecule has 0 radical (unpaired) electrons. The Hall–Kier alpha value is -3.39. The second-order valence-corrected chi connectivity index (χ2v) is 7.71. The molecule has 1 unspecified atom stereocenters. The van der Waals surface area contributed by atoms with E-state index < -0.39 is 5.92 Å².